The third-order valence-electron chi connectivity index (χ3n) is 6.96. The van der Waals surface area contributed by atoms with Gasteiger partial charge in [-0.1, -0.05) is 18.9 Å². The van der Waals surface area contributed by atoms with E-state index in [-0.39, 0.29) is 0 Å². The molecule has 0 N–H and O–H groups in total. The van der Waals surface area contributed by atoms with E-state index in [2.05, 4.69) is 35.1 Å². The third kappa shape index (κ3) is 2.40. The van der Waals surface area contributed by atoms with Gasteiger partial charge in [0.2, 0.25) is 0 Å². The molecule has 130 valence electrons. The first-order valence-electron chi connectivity index (χ1n) is 9.68. The second-order valence-corrected chi connectivity index (χ2v) is 8.12. The first-order valence-corrected chi connectivity index (χ1v) is 9.68. The molecule has 2 aliphatic carbocycles. The molecule has 1 aromatic heterocycles. The van der Waals surface area contributed by atoms with Crippen LogP contribution in [0.5, 0.6) is 11.5 Å². The number of likely N-dealkylation sites (N-methyl/N-ethyl adjacent to an activating group) is 1. The van der Waals surface area contributed by atoms with Crippen molar-refractivity contribution in [2.75, 3.05) is 13.6 Å². The molecule has 3 aliphatic rings. The summed E-state index contributed by atoms with van der Waals surface area (Å²) in [6.45, 7) is 1.23. The Kier molecular flexibility index (Phi) is 3.60. The van der Waals surface area contributed by atoms with Gasteiger partial charge in [0, 0.05) is 17.7 Å². The Bertz CT molecular complexity index is 775. The van der Waals surface area contributed by atoms with Crippen molar-refractivity contribution in [1.82, 2.24) is 9.88 Å². The number of likely N-dealkylation sites (tertiary alicyclic amines) is 1. The average Bonchev–Trinajstić information content (AvgIpc) is 2.66. The summed E-state index contributed by atoms with van der Waals surface area (Å²) in [5, 5.41) is 0. The van der Waals surface area contributed by atoms with E-state index in [9.17, 15) is 0 Å². The molecule has 1 saturated carbocycles. The van der Waals surface area contributed by atoms with E-state index in [1.54, 1.807) is 23.5 Å². The van der Waals surface area contributed by atoms with Crippen LogP contribution in [0.4, 0.5) is 0 Å². The second kappa shape index (κ2) is 5.84. The standard InChI is InChI=1S/C22H26N2O/c1-24-12-10-22-9-3-2-6-19(22)21(24)13-16-7-8-17(14-20(16)22)25-18-5-4-11-23-15-18/h4-5,7-8,11,14-15,19,21H,2-3,6,9-10,12-13H2,1H3/t19-,21+,22+/m0/s1. The minimum absolute atomic E-state index is 0.386. The molecule has 2 bridgehead atoms. The highest BCUT2D eigenvalue weighted by molar-refractivity contribution is 5.46. The van der Waals surface area contributed by atoms with Gasteiger partial charge in [0.1, 0.15) is 11.5 Å². The Hall–Kier alpha value is -1.87. The van der Waals surface area contributed by atoms with E-state index in [1.165, 1.54) is 45.1 Å². The van der Waals surface area contributed by atoms with Crippen molar-refractivity contribution in [3.8, 4) is 11.5 Å². The van der Waals surface area contributed by atoms with Crippen molar-refractivity contribution in [3.05, 3.63) is 53.9 Å². The number of piperidine rings is 1. The number of rotatable bonds is 2. The summed E-state index contributed by atoms with van der Waals surface area (Å²) in [7, 11) is 2.33. The number of hydrogen-bond acceptors (Lipinski definition) is 3. The first-order chi connectivity index (χ1) is 12.3. The molecule has 1 aromatic carbocycles. The van der Waals surface area contributed by atoms with E-state index in [4.69, 9.17) is 4.74 Å². The zero-order chi connectivity index (χ0) is 16.9. The first kappa shape index (κ1) is 15.4. The third-order valence-corrected chi connectivity index (χ3v) is 6.96. The maximum atomic E-state index is 6.11. The highest BCUT2D eigenvalue weighted by Gasteiger charge is 2.53. The van der Waals surface area contributed by atoms with Gasteiger partial charge >= 0.3 is 0 Å². The highest BCUT2D eigenvalue weighted by Crippen LogP contribution is 2.56. The number of aromatic nitrogens is 1. The normalized spacial score (nSPS) is 31.1. The molecule has 3 atom stereocenters. The number of benzene rings is 1. The quantitative estimate of drug-likeness (QED) is 0.805. The number of hydrogen-bond donors (Lipinski definition) is 0. The second-order valence-electron chi connectivity index (χ2n) is 8.12. The molecule has 0 spiro atoms. The van der Waals surface area contributed by atoms with Crippen LogP contribution >= 0.6 is 0 Å². The summed E-state index contributed by atoms with van der Waals surface area (Å²) in [6.07, 6.45) is 11.6. The number of ether oxygens (including phenoxy) is 1. The van der Waals surface area contributed by atoms with Crippen LogP contribution in [0.2, 0.25) is 0 Å². The molecule has 1 aliphatic heterocycles. The highest BCUT2D eigenvalue weighted by atomic mass is 16.5. The van der Waals surface area contributed by atoms with Crippen molar-refractivity contribution in [2.24, 2.45) is 5.92 Å². The van der Waals surface area contributed by atoms with Gasteiger partial charge in [-0.15, -0.1) is 0 Å². The molecular weight excluding hydrogens is 308 g/mol. The largest absolute Gasteiger partial charge is 0.456 e. The van der Waals surface area contributed by atoms with Crippen LogP contribution in [-0.4, -0.2) is 29.5 Å². The van der Waals surface area contributed by atoms with Gasteiger partial charge in [-0.3, -0.25) is 4.98 Å². The lowest BCUT2D eigenvalue weighted by Crippen LogP contribution is -2.59. The molecular formula is C22H26N2O. The number of nitrogens with zero attached hydrogens (tertiary/aromatic N) is 2. The lowest BCUT2D eigenvalue weighted by Gasteiger charge is -2.58. The summed E-state index contributed by atoms with van der Waals surface area (Å²) in [4.78, 5) is 6.78. The Morgan fingerprint density at radius 1 is 1.16 bits per heavy atom. The van der Waals surface area contributed by atoms with Gasteiger partial charge < -0.3 is 9.64 Å². The predicted molar refractivity (Wildman–Crippen MR) is 99.1 cm³/mol. The summed E-state index contributed by atoms with van der Waals surface area (Å²) in [5.41, 5.74) is 3.52. The van der Waals surface area contributed by atoms with Gasteiger partial charge in [-0.05, 0) is 80.6 Å². The van der Waals surface area contributed by atoms with Gasteiger partial charge in [0.25, 0.3) is 0 Å². The maximum Gasteiger partial charge on any atom is 0.145 e. The van der Waals surface area contributed by atoms with Crippen molar-refractivity contribution >= 4 is 0 Å². The van der Waals surface area contributed by atoms with E-state index < -0.39 is 0 Å². The summed E-state index contributed by atoms with van der Waals surface area (Å²) in [5.74, 6) is 2.60. The van der Waals surface area contributed by atoms with Gasteiger partial charge in [0.15, 0.2) is 0 Å². The number of fused-ring (bicyclic) bond motifs is 1. The average molecular weight is 334 g/mol. The molecule has 0 amide bonds. The number of pyridine rings is 1. The fourth-order valence-electron chi connectivity index (χ4n) is 5.78. The van der Waals surface area contributed by atoms with Gasteiger partial charge in [-0.25, -0.2) is 0 Å². The van der Waals surface area contributed by atoms with Crippen LogP contribution in [0.3, 0.4) is 0 Å². The van der Waals surface area contributed by atoms with E-state index in [1.807, 2.05) is 12.1 Å². The van der Waals surface area contributed by atoms with Crippen molar-refractivity contribution in [1.29, 1.82) is 0 Å². The SMILES string of the molecule is CN1CC[C@]23CCCC[C@H]2[C@H]1Cc1ccc(Oc2cccnc2)cc13. The maximum absolute atomic E-state index is 6.11. The van der Waals surface area contributed by atoms with Crippen LogP contribution in [0.1, 0.15) is 43.2 Å². The minimum atomic E-state index is 0.386. The molecule has 0 unspecified atom stereocenters. The molecule has 5 rings (SSSR count). The van der Waals surface area contributed by atoms with Crippen LogP contribution in [0.25, 0.3) is 0 Å². The van der Waals surface area contributed by atoms with Gasteiger partial charge in [-0.2, -0.15) is 0 Å². The summed E-state index contributed by atoms with van der Waals surface area (Å²) >= 11 is 0. The molecule has 2 heterocycles. The minimum Gasteiger partial charge on any atom is -0.456 e. The molecule has 1 saturated heterocycles. The molecule has 3 heteroatoms. The van der Waals surface area contributed by atoms with Gasteiger partial charge in [0.05, 0.1) is 6.20 Å². The molecule has 25 heavy (non-hydrogen) atoms. The summed E-state index contributed by atoms with van der Waals surface area (Å²) < 4.78 is 6.11. The van der Waals surface area contributed by atoms with Crippen molar-refractivity contribution in [2.45, 2.75) is 50.0 Å². The summed E-state index contributed by atoms with van der Waals surface area (Å²) in [6, 6.07) is 11.4. The fourth-order valence-corrected chi connectivity index (χ4v) is 5.78. The molecule has 0 radical (unpaired) electrons. The monoisotopic (exact) mass is 334 g/mol. The lowest BCUT2D eigenvalue weighted by molar-refractivity contribution is 0.00276. The topological polar surface area (TPSA) is 25.4 Å². The van der Waals surface area contributed by atoms with E-state index in [0.29, 0.717) is 5.41 Å². The van der Waals surface area contributed by atoms with Crippen molar-refractivity contribution < 1.29 is 4.74 Å². The van der Waals surface area contributed by atoms with Crippen LogP contribution in [-0.2, 0) is 11.8 Å². The van der Waals surface area contributed by atoms with Crippen LogP contribution in [0.15, 0.2) is 42.7 Å². The smallest absolute Gasteiger partial charge is 0.145 e. The van der Waals surface area contributed by atoms with Crippen LogP contribution < -0.4 is 4.74 Å². The Morgan fingerprint density at radius 2 is 2.12 bits per heavy atom. The Labute approximate surface area is 150 Å². The van der Waals surface area contributed by atoms with Crippen LogP contribution in [0, 0.1) is 5.92 Å². The molecule has 2 fully saturated rings. The zero-order valence-corrected chi connectivity index (χ0v) is 14.9. The van der Waals surface area contributed by atoms with E-state index in [0.717, 1.165) is 23.5 Å². The molecule has 2 aromatic rings. The Balaban J connectivity index is 1.56. The van der Waals surface area contributed by atoms with E-state index >= 15 is 0 Å². The molecule has 3 nitrogen and oxygen atoms in total. The predicted octanol–water partition coefficient (Wildman–Crippen LogP) is 4.56. The Morgan fingerprint density at radius 3 is 3.00 bits per heavy atom. The van der Waals surface area contributed by atoms with Crippen molar-refractivity contribution in [3.63, 3.8) is 0 Å². The fraction of sp³-hybridized carbons (Fsp3) is 0.500. The lowest BCUT2D eigenvalue weighted by atomic mass is 9.52. The zero-order valence-electron chi connectivity index (χ0n) is 14.9.